The van der Waals surface area contributed by atoms with Crippen molar-refractivity contribution in [3.8, 4) is 17.2 Å². The molecule has 0 aliphatic carbocycles. The molecule has 0 radical (unpaired) electrons. The lowest BCUT2D eigenvalue weighted by Gasteiger charge is -2.27. The number of rotatable bonds is 11. The van der Waals surface area contributed by atoms with Crippen molar-refractivity contribution < 1.29 is 19.3 Å². The number of aryl methyl sites for hydroxylation is 3. The van der Waals surface area contributed by atoms with Crippen LogP contribution in [0.1, 0.15) is 42.4 Å². The van der Waals surface area contributed by atoms with Crippen LogP contribution in [0.5, 0.6) is 17.2 Å². The monoisotopic (exact) mass is 493 g/mol. The van der Waals surface area contributed by atoms with Gasteiger partial charge in [-0.25, -0.2) is 0 Å². The van der Waals surface area contributed by atoms with Crippen LogP contribution in [0.4, 0.5) is 0 Å². The Kier molecular flexibility index (Phi) is 8.88. The van der Waals surface area contributed by atoms with Crippen molar-refractivity contribution in [1.82, 2.24) is 14.7 Å². The third-order valence-electron chi connectivity index (χ3n) is 6.82. The second kappa shape index (κ2) is 12.3. The van der Waals surface area contributed by atoms with E-state index in [0.29, 0.717) is 19.6 Å². The molecule has 1 aromatic heterocycles. The number of likely N-dealkylation sites (tertiary alicyclic amines) is 1. The minimum absolute atomic E-state index is 0.324. The molecule has 0 spiro atoms. The second-order valence-corrected chi connectivity index (χ2v) is 9.87. The highest BCUT2D eigenvalue weighted by Gasteiger charge is 2.31. The van der Waals surface area contributed by atoms with Crippen molar-refractivity contribution in [2.45, 2.75) is 58.2 Å². The molecule has 0 amide bonds. The molecule has 7 nitrogen and oxygen atoms in total. The van der Waals surface area contributed by atoms with Crippen LogP contribution in [0, 0.1) is 13.8 Å². The van der Waals surface area contributed by atoms with Crippen LogP contribution >= 0.6 is 0 Å². The highest BCUT2D eigenvalue weighted by molar-refractivity contribution is 5.43. The van der Waals surface area contributed by atoms with Gasteiger partial charge in [0, 0.05) is 38.4 Å². The summed E-state index contributed by atoms with van der Waals surface area (Å²) in [6.45, 7) is 8.45. The molecule has 1 atom stereocenters. The minimum atomic E-state index is -0.808. The van der Waals surface area contributed by atoms with Crippen LogP contribution in [0.25, 0.3) is 0 Å². The van der Waals surface area contributed by atoms with Crippen LogP contribution in [0.3, 0.4) is 0 Å². The molecule has 7 heteroatoms. The van der Waals surface area contributed by atoms with Gasteiger partial charge in [0.2, 0.25) is 0 Å². The molecule has 1 fully saturated rings. The van der Waals surface area contributed by atoms with Gasteiger partial charge in [-0.1, -0.05) is 23.8 Å². The molecule has 1 aliphatic heterocycles. The SMILES string of the molecule is COc1cc(CN2CCC[C@@](O)(COc3ccc(C)cc3C)CC2)ccc1OCCCn1cccn1. The zero-order chi connectivity index (χ0) is 25.4. The molecule has 1 N–H and O–H groups in total. The molecule has 4 rings (SSSR count). The average molecular weight is 494 g/mol. The number of aromatic nitrogens is 2. The Labute approximate surface area is 214 Å². The van der Waals surface area contributed by atoms with Gasteiger partial charge in [-0.3, -0.25) is 9.58 Å². The standard InChI is InChI=1S/C29H39N3O4/c1-23-7-9-26(24(2)19-23)36-22-29(33)11-4-14-31(17-12-29)21-25-8-10-27(28(20-25)34-3)35-18-6-16-32-15-5-13-30-32/h5,7-10,13,15,19-20,33H,4,6,11-12,14,16-18,21-22H2,1-3H3/t29-/m0/s1. The van der Waals surface area contributed by atoms with E-state index in [1.807, 2.05) is 42.1 Å². The fourth-order valence-corrected chi connectivity index (χ4v) is 4.74. The van der Waals surface area contributed by atoms with Gasteiger partial charge in [-0.15, -0.1) is 0 Å². The molecule has 36 heavy (non-hydrogen) atoms. The molecule has 0 bridgehead atoms. The van der Waals surface area contributed by atoms with E-state index in [9.17, 15) is 5.11 Å². The summed E-state index contributed by atoms with van der Waals surface area (Å²) in [5.41, 5.74) is 2.68. The lowest BCUT2D eigenvalue weighted by Crippen LogP contribution is -2.37. The van der Waals surface area contributed by atoms with E-state index in [-0.39, 0.29) is 0 Å². The van der Waals surface area contributed by atoms with Gasteiger partial charge in [0.25, 0.3) is 0 Å². The number of hydrogen-bond acceptors (Lipinski definition) is 6. The van der Waals surface area contributed by atoms with Crippen LogP contribution < -0.4 is 14.2 Å². The normalized spacial score (nSPS) is 18.6. The maximum Gasteiger partial charge on any atom is 0.161 e. The third kappa shape index (κ3) is 7.24. The van der Waals surface area contributed by atoms with Gasteiger partial charge < -0.3 is 19.3 Å². The number of methoxy groups -OCH3 is 1. The Morgan fingerprint density at radius 2 is 1.86 bits per heavy atom. The van der Waals surface area contributed by atoms with Gasteiger partial charge in [0.1, 0.15) is 12.4 Å². The average Bonchev–Trinajstić information content (AvgIpc) is 3.32. The van der Waals surface area contributed by atoms with E-state index in [2.05, 4.69) is 35.1 Å². The Morgan fingerprint density at radius 3 is 2.64 bits per heavy atom. The Hall–Kier alpha value is -3.03. The van der Waals surface area contributed by atoms with Gasteiger partial charge in [0.05, 0.1) is 19.3 Å². The number of benzene rings is 2. The van der Waals surface area contributed by atoms with E-state index < -0.39 is 5.60 Å². The van der Waals surface area contributed by atoms with E-state index in [4.69, 9.17) is 14.2 Å². The first-order valence-corrected chi connectivity index (χ1v) is 12.9. The molecule has 2 heterocycles. The number of hydrogen-bond donors (Lipinski definition) is 1. The lowest BCUT2D eigenvalue weighted by atomic mass is 9.96. The summed E-state index contributed by atoms with van der Waals surface area (Å²) < 4.78 is 19.5. The lowest BCUT2D eigenvalue weighted by molar-refractivity contribution is -0.0170. The smallest absolute Gasteiger partial charge is 0.161 e. The fourth-order valence-electron chi connectivity index (χ4n) is 4.74. The Balaban J connectivity index is 1.27. The summed E-state index contributed by atoms with van der Waals surface area (Å²) in [6.07, 6.45) is 6.97. The summed E-state index contributed by atoms with van der Waals surface area (Å²) in [6, 6.07) is 14.2. The fraction of sp³-hybridized carbons (Fsp3) is 0.483. The van der Waals surface area contributed by atoms with Crippen LogP contribution in [-0.2, 0) is 13.1 Å². The second-order valence-electron chi connectivity index (χ2n) is 9.87. The first-order valence-electron chi connectivity index (χ1n) is 12.9. The molecular formula is C29H39N3O4. The first-order chi connectivity index (χ1) is 17.4. The topological polar surface area (TPSA) is 69.0 Å². The van der Waals surface area contributed by atoms with Gasteiger partial charge in [0.15, 0.2) is 11.5 Å². The number of nitrogens with zero attached hydrogens (tertiary/aromatic N) is 3. The summed E-state index contributed by atoms with van der Waals surface area (Å²) in [7, 11) is 1.68. The zero-order valence-corrected chi connectivity index (χ0v) is 21.8. The van der Waals surface area contributed by atoms with Crippen molar-refractivity contribution >= 4 is 0 Å². The Bertz CT molecular complexity index is 1100. The summed E-state index contributed by atoms with van der Waals surface area (Å²) in [5.74, 6) is 2.36. The van der Waals surface area contributed by atoms with E-state index in [0.717, 1.165) is 68.3 Å². The van der Waals surface area contributed by atoms with E-state index in [1.165, 1.54) is 11.1 Å². The summed E-state index contributed by atoms with van der Waals surface area (Å²) >= 11 is 0. The van der Waals surface area contributed by atoms with Gasteiger partial charge in [-0.2, -0.15) is 5.10 Å². The Morgan fingerprint density at radius 1 is 1.00 bits per heavy atom. The van der Waals surface area contributed by atoms with Crippen molar-refractivity contribution in [2.24, 2.45) is 0 Å². The highest BCUT2D eigenvalue weighted by Crippen LogP contribution is 2.30. The molecule has 2 aromatic carbocycles. The van der Waals surface area contributed by atoms with Crippen molar-refractivity contribution in [2.75, 3.05) is 33.4 Å². The van der Waals surface area contributed by atoms with Crippen LogP contribution in [0.15, 0.2) is 54.9 Å². The summed E-state index contributed by atoms with van der Waals surface area (Å²) in [5, 5.41) is 15.4. The van der Waals surface area contributed by atoms with E-state index >= 15 is 0 Å². The summed E-state index contributed by atoms with van der Waals surface area (Å²) in [4.78, 5) is 2.40. The van der Waals surface area contributed by atoms with Crippen LogP contribution in [-0.4, -0.2) is 58.8 Å². The quantitative estimate of drug-likeness (QED) is 0.388. The van der Waals surface area contributed by atoms with Crippen molar-refractivity contribution in [1.29, 1.82) is 0 Å². The predicted molar refractivity (Wildman–Crippen MR) is 141 cm³/mol. The van der Waals surface area contributed by atoms with Crippen LogP contribution in [0.2, 0.25) is 0 Å². The maximum atomic E-state index is 11.2. The highest BCUT2D eigenvalue weighted by atomic mass is 16.5. The van der Waals surface area contributed by atoms with Gasteiger partial charge >= 0.3 is 0 Å². The van der Waals surface area contributed by atoms with Crippen molar-refractivity contribution in [3.05, 3.63) is 71.5 Å². The van der Waals surface area contributed by atoms with Gasteiger partial charge in [-0.05, 0) is 75.0 Å². The molecule has 1 saturated heterocycles. The number of ether oxygens (including phenoxy) is 3. The zero-order valence-electron chi connectivity index (χ0n) is 21.8. The minimum Gasteiger partial charge on any atom is -0.493 e. The molecular weight excluding hydrogens is 454 g/mol. The predicted octanol–water partition coefficient (Wildman–Crippen LogP) is 4.77. The third-order valence-corrected chi connectivity index (χ3v) is 6.82. The largest absolute Gasteiger partial charge is 0.493 e. The maximum absolute atomic E-state index is 11.2. The first kappa shape index (κ1) is 26.0. The molecule has 0 saturated carbocycles. The molecule has 1 aliphatic rings. The molecule has 3 aromatic rings. The van der Waals surface area contributed by atoms with E-state index in [1.54, 1.807) is 13.3 Å². The number of aliphatic hydroxyl groups is 1. The molecule has 0 unspecified atom stereocenters. The van der Waals surface area contributed by atoms with Crippen molar-refractivity contribution in [3.63, 3.8) is 0 Å². The molecule has 194 valence electrons.